The van der Waals surface area contributed by atoms with Crippen LogP contribution in [0.4, 0.5) is 0 Å². The van der Waals surface area contributed by atoms with E-state index in [0.29, 0.717) is 13.1 Å². The Morgan fingerprint density at radius 3 is 2.59 bits per heavy atom. The number of methoxy groups -OCH3 is 1. The Hall–Kier alpha value is 0.190. The topological polar surface area (TPSA) is 41.5 Å². The standard InChI is InChI=1S/C11H15Br2NO2.ClH/c1-7(15)5-14-6-8-3-9(12)4-10(13)11(8)16-2;/h3-4,7,14-15H,5-6H2,1-2H3;1H. The highest BCUT2D eigenvalue weighted by Gasteiger charge is 2.09. The molecule has 0 aliphatic rings. The molecule has 6 heteroatoms. The van der Waals surface area contributed by atoms with Crippen LogP contribution in [0.3, 0.4) is 0 Å². The van der Waals surface area contributed by atoms with Gasteiger partial charge in [-0.3, -0.25) is 0 Å². The normalized spacial score (nSPS) is 11.8. The molecule has 1 atom stereocenters. The molecule has 0 aliphatic heterocycles. The third-order valence-electron chi connectivity index (χ3n) is 2.04. The molecule has 1 aromatic rings. The lowest BCUT2D eigenvalue weighted by atomic mass is 10.2. The fourth-order valence-electron chi connectivity index (χ4n) is 1.39. The minimum atomic E-state index is -0.346. The van der Waals surface area contributed by atoms with E-state index < -0.39 is 0 Å². The molecular weight excluding hydrogens is 373 g/mol. The fraction of sp³-hybridized carbons (Fsp3) is 0.455. The number of aliphatic hydroxyl groups is 1. The van der Waals surface area contributed by atoms with Gasteiger partial charge in [-0.15, -0.1) is 12.4 Å². The summed E-state index contributed by atoms with van der Waals surface area (Å²) in [7, 11) is 1.65. The fourth-order valence-corrected chi connectivity index (χ4v) is 2.86. The van der Waals surface area contributed by atoms with Crippen molar-refractivity contribution in [3.8, 4) is 5.75 Å². The molecule has 1 rings (SSSR count). The Morgan fingerprint density at radius 1 is 1.41 bits per heavy atom. The van der Waals surface area contributed by atoms with Gasteiger partial charge in [0.1, 0.15) is 5.75 Å². The third-order valence-corrected chi connectivity index (χ3v) is 3.09. The predicted octanol–water partition coefficient (Wildman–Crippen LogP) is 3.11. The van der Waals surface area contributed by atoms with Gasteiger partial charge in [0.2, 0.25) is 0 Å². The molecule has 3 nitrogen and oxygen atoms in total. The van der Waals surface area contributed by atoms with Crippen molar-refractivity contribution in [2.24, 2.45) is 0 Å². The summed E-state index contributed by atoms with van der Waals surface area (Å²) >= 11 is 6.88. The van der Waals surface area contributed by atoms with E-state index in [1.54, 1.807) is 14.0 Å². The van der Waals surface area contributed by atoms with Crippen LogP contribution in [0.2, 0.25) is 0 Å². The Morgan fingerprint density at radius 2 is 2.06 bits per heavy atom. The second kappa shape index (κ2) is 8.32. The second-order valence-corrected chi connectivity index (χ2v) is 5.33. The maximum Gasteiger partial charge on any atom is 0.137 e. The van der Waals surface area contributed by atoms with Crippen molar-refractivity contribution in [1.82, 2.24) is 5.32 Å². The maximum absolute atomic E-state index is 9.15. The van der Waals surface area contributed by atoms with Crippen LogP contribution >= 0.6 is 44.3 Å². The summed E-state index contributed by atoms with van der Waals surface area (Å²) in [4.78, 5) is 0. The van der Waals surface area contributed by atoms with Crippen LogP contribution in [0, 0.1) is 0 Å². The number of aliphatic hydroxyl groups excluding tert-OH is 1. The Balaban J connectivity index is 0.00000256. The van der Waals surface area contributed by atoms with Gasteiger partial charge in [0.05, 0.1) is 17.7 Å². The van der Waals surface area contributed by atoms with Crippen LogP contribution in [-0.2, 0) is 6.54 Å². The molecule has 0 bridgehead atoms. The molecule has 1 unspecified atom stereocenters. The smallest absolute Gasteiger partial charge is 0.137 e. The number of hydrogen-bond donors (Lipinski definition) is 2. The van der Waals surface area contributed by atoms with E-state index in [0.717, 1.165) is 20.3 Å². The summed E-state index contributed by atoms with van der Waals surface area (Å²) in [6, 6.07) is 3.94. The van der Waals surface area contributed by atoms with Crippen molar-refractivity contribution in [1.29, 1.82) is 0 Å². The summed E-state index contributed by atoms with van der Waals surface area (Å²) in [5, 5.41) is 12.3. The zero-order valence-corrected chi connectivity index (χ0v) is 13.7. The molecule has 0 saturated carbocycles. The van der Waals surface area contributed by atoms with Crippen molar-refractivity contribution in [2.45, 2.75) is 19.6 Å². The lowest BCUT2D eigenvalue weighted by molar-refractivity contribution is 0.191. The highest BCUT2D eigenvalue weighted by atomic mass is 79.9. The monoisotopic (exact) mass is 387 g/mol. The van der Waals surface area contributed by atoms with Crippen molar-refractivity contribution in [3.05, 3.63) is 26.6 Å². The van der Waals surface area contributed by atoms with Crippen LogP contribution in [0.25, 0.3) is 0 Å². The highest BCUT2D eigenvalue weighted by Crippen LogP contribution is 2.32. The molecule has 0 radical (unpaired) electrons. The summed E-state index contributed by atoms with van der Waals surface area (Å²) in [6.45, 7) is 2.97. The van der Waals surface area contributed by atoms with E-state index in [9.17, 15) is 0 Å². The molecule has 0 aromatic heterocycles. The summed E-state index contributed by atoms with van der Waals surface area (Å²) in [5.74, 6) is 0.821. The number of halogens is 3. The minimum absolute atomic E-state index is 0. The zero-order chi connectivity index (χ0) is 12.1. The van der Waals surface area contributed by atoms with Crippen molar-refractivity contribution in [2.75, 3.05) is 13.7 Å². The average molecular weight is 390 g/mol. The van der Waals surface area contributed by atoms with Gasteiger partial charge in [-0.1, -0.05) is 15.9 Å². The van der Waals surface area contributed by atoms with E-state index in [1.165, 1.54) is 0 Å². The summed E-state index contributed by atoms with van der Waals surface area (Å²) in [6.07, 6.45) is -0.346. The van der Waals surface area contributed by atoms with Gasteiger partial charge in [0, 0.05) is 23.1 Å². The first-order valence-corrected chi connectivity index (χ1v) is 6.54. The first kappa shape index (κ1) is 17.2. The molecule has 1 aromatic carbocycles. The average Bonchev–Trinajstić information content (AvgIpc) is 2.16. The van der Waals surface area contributed by atoms with Crippen molar-refractivity contribution in [3.63, 3.8) is 0 Å². The Bertz CT molecular complexity index is 362. The SMILES string of the molecule is COc1c(Br)cc(Br)cc1CNCC(C)O.Cl. The van der Waals surface area contributed by atoms with Gasteiger partial charge in [0.25, 0.3) is 0 Å². The van der Waals surface area contributed by atoms with Crippen molar-refractivity contribution >= 4 is 44.3 Å². The van der Waals surface area contributed by atoms with Gasteiger partial charge < -0.3 is 15.2 Å². The largest absolute Gasteiger partial charge is 0.495 e. The van der Waals surface area contributed by atoms with E-state index in [4.69, 9.17) is 9.84 Å². The van der Waals surface area contributed by atoms with E-state index in [-0.39, 0.29) is 18.5 Å². The Kier molecular flexibility index (Phi) is 8.41. The summed E-state index contributed by atoms with van der Waals surface area (Å²) in [5.41, 5.74) is 1.05. The van der Waals surface area contributed by atoms with Gasteiger partial charge in [0.15, 0.2) is 0 Å². The molecule has 0 heterocycles. The second-order valence-electron chi connectivity index (χ2n) is 3.56. The van der Waals surface area contributed by atoms with E-state index in [2.05, 4.69) is 37.2 Å². The minimum Gasteiger partial charge on any atom is -0.495 e. The molecular formula is C11H16Br2ClNO2. The number of nitrogens with one attached hydrogen (secondary N) is 1. The molecule has 0 fully saturated rings. The zero-order valence-electron chi connectivity index (χ0n) is 9.67. The van der Waals surface area contributed by atoms with Crippen molar-refractivity contribution < 1.29 is 9.84 Å². The van der Waals surface area contributed by atoms with Gasteiger partial charge in [-0.25, -0.2) is 0 Å². The number of benzene rings is 1. The third kappa shape index (κ3) is 5.57. The van der Waals surface area contributed by atoms with Crippen LogP contribution in [-0.4, -0.2) is 24.9 Å². The van der Waals surface area contributed by atoms with Gasteiger partial charge >= 0.3 is 0 Å². The lowest BCUT2D eigenvalue weighted by Gasteiger charge is -2.13. The molecule has 17 heavy (non-hydrogen) atoms. The first-order valence-electron chi connectivity index (χ1n) is 4.95. The predicted molar refractivity (Wildman–Crippen MR) is 79.0 cm³/mol. The quantitative estimate of drug-likeness (QED) is 0.813. The lowest BCUT2D eigenvalue weighted by Crippen LogP contribution is -2.24. The van der Waals surface area contributed by atoms with Crippen LogP contribution in [0.1, 0.15) is 12.5 Å². The molecule has 98 valence electrons. The number of rotatable bonds is 5. The molecule has 2 N–H and O–H groups in total. The van der Waals surface area contributed by atoms with E-state index >= 15 is 0 Å². The van der Waals surface area contributed by atoms with E-state index in [1.807, 2.05) is 12.1 Å². The Labute approximate surface area is 125 Å². The molecule has 0 saturated heterocycles. The van der Waals surface area contributed by atoms with Crippen LogP contribution in [0.5, 0.6) is 5.75 Å². The first-order chi connectivity index (χ1) is 7.54. The van der Waals surface area contributed by atoms with Crippen LogP contribution in [0.15, 0.2) is 21.1 Å². The number of ether oxygens (including phenoxy) is 1. The number of hydrogen-bond acceptors (Lipinski definition) is 3. The molecule has 0 amide bonds. The maximum atomic E-state index is 9.15. The molecule has 0 aliphatic carbocycles. The summed E-state index contributed by atoms with van der Waals surface area (Å²) < 4.78 is 7.23. The van der Waals surface area contributed by atoms with Gasteiger partial charge in [-0.2, -0.15) is 0 Å². The van der Waals surface area contributed by atoms with Crippen LogP contribution < -0.4 is 10.1 Å². The van der Waals surface area contributed by atoms with Gasteiger partial charge in [-0.05, 0) is 35.0 Å². The molecule has 0 spiro atoms. The highest BCUT2D eigenvalue weighted by molar-refractivity contribution is 9.11.